The minimum absolute atomic E-state index is 0.0507. The molecule has 3 aliphatic rings. The average molecular weight is 912 g/mol. The van der Waals surface area contributed by atoms with Gasteiger partial charge in [0.1, 0.15) is 36.6 Å². The summed E-state index contributed by atoms with van der Waals surface area (Å²) in [6.07, 6.45) is 7.56. The van der Waals surface area contributed by atoms with Crippen LogP contribution in [0.5, 0.6) is 0 Å². The quantitative estimate of drug-likeness (QED) is 0.0290. The van der Waals surface area contributed by atoms with Crippen molar-refractivity contribution in [1.82, 2.24) is 21.3 Å². The molecule has 0 aromatic heterocycles. The number of hydrogen-bond donors (Lipinski definition) is 8. The molecular formula is C46H69N7O12. The zero-order valence-electron chi connectivity index (χ0n) is 38.5. The average Bonchev–Trinajstić information content (AvgIpc) is 4.03. The van der Waals surface area contributed by atoms with Gasteiger partial charge >= 0.3 is 18.1 Å². The van der Waals surface area contributed by atoms with E-state index in [9.17, 15) is 33.9 Å². The molecule has 0 radical (unpaired) electrons. The number of epoxide rings is 1. The number of esters is 1. The normalized spacial score (nSPS) is 26.8. The number of hydrogen-bond acceptors (Lipinski definition) is 13. The van der Waals surface area contributed by atoms with Crippen LogP contribution in [0.2, 0.25) is 0 Å². The number of amides is 6. The molecule has 0 unspecified atom stereocenters. The number of aliphatic hydroxyl groups is 1. The molecule has 0 bridgehead atoms. The number of aliphatic hydroxyl groups excluding tert-OH is 1. The predicted octanol–water partition coefficient (Wildman–Crippen LogP) is 2.75. The zero-order chi connectivity index (χ0) is 47.8. The molecule has 3 saturated heterocycles. The van der Waals surface area contributed by atoms with Gasteiger partial charge in [-0.2, -0.15) is 0 Å². The van der Waals surface area contributed by atoms with Gasteiger partial charge in [0.15, 0.2) is 0 Å². The highest BCUT2D eigenvalue weighted by Gasteiger charge is 2.58. The first kappa shape index (κ1) is 52.3. The highest BCUT2D eigenvalue weighted by Crippen LogP contribution is 2.42. The van der Waals surface area contributed by atoms with Crippen LogP contribution >= 0.6 is 0 Å². The van der Waals surface area contributed by atoms with E-state index in [-0.39, 0.29) is 62.1 Å². The Hall–Kier alpha value is -5.34. The molecule has 1 aromatic carbocycles. The number of alkyl carbamates (subject to hydrolysis) is 1. The molecule has 1 aromatic rings. The smallest absolute Gasteiger partial charge is 0.407 e. The molecule has 19 heteroatoms. The zero-order valence-corrected chi connectivity index (χ0v) is 38.5. The number of nitrogens with one attached hydrogen (secondary N) is 5. The van der Waals surface area contributed by atoms with Gasteiger partial charge in [-0.3, -0.25) is 19.2 Å². The highest BCUT2D eigenvalue weighted by atomic mass is 16.6. The Morgan fingerprint density at radius 3 is 2.35 bits per heavy atom. The van der Waals surface area contributed by atoms with E-state index in [1.165, 1.54) is 19.1 Å². The highest BCUT2D eigenvalue weighted by molar-refractivity contribution is 5.97. The summed E-state index contributed by atoms with van der Waals surface area (Å²) in [5.74, 6) is -1.61. The molecule has 0 aliphatic carbocycles. The Kier molecular flexibility index (Phi) is 20.0. The summed E-state index contributed by atoms with van der Waals surface area (Å²) in [7, 11) is 0. The second kappa shape index (κ2) is 24.8. The van der Waals surface area contributed by atoms with Crippen molar-refractivity contribution in [2.45, 2.75) is 148 Å². The Morgan fingerprint density at radius 1 is 1.00 bits per heavy atom. The molecule has 3 aliphatic heterocycles. The monoisotopic (exact) mass is 912 g/mol. The van der Waals surface area contributed by atoms with Gasteiger partial charge in [0.05, 0.1) is 37.0 Å². The lowest BCUT2D eigenvalue weighted by molar-refractivity contribution is -0.143. The van der Waals surface area contributed by atoms with E-state index in [0.717, 1.165) is 12.0 Å². The van der Waals surface area contributed by atoms with Crippen molar-refractivity contribution in [2.24, 2.45) is 23.3 Å². The fourth-order valence-corrected chi connectivity index (χ4v) is 7.55. The molecular weight excluding hydrogens is 843 g/mol. The van der Waals surface area contributed by atoms with Gasteiger partial charge in [-0.1, -0.05) is 56.7 Å². The van der Waals surface area contributed by atoms with Gasteiger partial charge in [-0.25, -0.2) is 9.59 Å². The van der Waals surface area contributed by atoms with Crippen LogP contribution < -0.4 is 38.1 Å². The first-order valence-electron chi connectivity index (χ1n) is 22.3. The van der Waals surface area contributed by atoms with Gasteiger partial charge in [-0.15, -0.1) is 0 Å². The summed E-state index contributed by atoms with van der Waals surface area (Å²) >= 11 is 0. The van der Waals surface area contributed by atoms with Crippen LogP contribution in [0.3, 0.4) is 0 Å². The van der Waals surface area contributed by atoms with Crippen LogP contribution in [-0.2, 0) is 49.5 Å². The van der Waals surface area contributed by atoms with E-state index in [4.69, 9.17) is 35.2 Å². The van der Waals surface area contributed by atoms with Crippen LogP contribution in [0.4, 0.5) is 15.3 Å². The minimum atomic E-state index is -0.916. The lowest BCUT2D eigenvalue weighted by atomic mass is 9.87. The van der Waals surface area contributed by atoms with Crippen molar-refractivity contribution in [3.63, 3.8) is 0 Å². The van der Waals surface area contributed by atoms with Crippen molar-refractivity contribution in [1.29, 1.82) is 0 Å². The maximum absolute atomic E-state index is 13.2. The fraction of sp³-hybridized carbons (Fsp3) is 0.609. The van der Waals surface area contributed by atoms with E-state index in [2.05, 4.69) is 39.6 Å². The van der Waals surface area contributed by atoms with Crippen molar-refractivity contribution in [2.75, 3.05) is 25.0 Å². The molecule has 19 nitrogen and oxygen atoms in total. The minimum Gasteiger partial charge on any atom is -0.459 e. The summed E-state index contributed by atoms with van der Waals surface area (Å²) in [6, 6.07) is 4.08. The summed E-state index contributed by atoms with van der Waals surface area (Å²) in [4.78, 5) is 73.2. The maximum atomic E-state index is 13.2. The largest absolute Gasteiger partial charge is 0.459 e. The summed E-state index contributed by atoms with van der Waals surface area (Å²) < 4.78 is 28.7. The molecule has 1 spiro atoms. The topological polar surface area (TPSA) is 284 Å². The van der Waals surface area contributed by atoms with Gasteiger partial charge in [0.2, 0.25) is 17.7 Å². The second-order valence-electron chi connectivity index (χ2n) is 17.6. The van der Waals surface area contributed by atoms with Crippen LogP contribution in [-0.4, -0.2) is 121 Å². The van der Waals surface area contributed by atoms with Crippen LogP contribution in [0.1, 0.15) is 86.1 Å². The fourth-order valence-electron chi connectivity index (χ4n) is 7.55. The number of carbonyl (C=O) groups excluding carboxylic acids is 6. The number of nitrogens with two attached hydrogens (primary N) is 2. The molecule has 6 amide bonds. The number of carbonyl (C=O) groups is 6. The summed E-state index contributed by atoms with van der Waals surface area (Å²) in [5.41, 5.74) is 12.4. The van der Waals surface area contributed by atoms with Crippen molar-refractivity contribution in [3.05, 3.63) is 65.8 Å². The lowest BCUT2D eigenvalue weighted by Crippen LogP contribution is -2.52. The van der Waals surface area contributed by atoms with E-state index >= 15 is 0 Å². The molecule has 3 heterocycles. The number of benzene rings is 1. The lowest BCUT2D eigenvalue weighted by Gasteiger charge is -2.39. The number of anilines is 1. The molecule has 3 fully saturated rings. The molecule has 4 rings (SSSR count). The standard InChI is InChI=1S/C46H69N7O12/c1-26(2)40(47)43(58)53-35(9-8-20-49-44(48)59)42(57)51-33-15-13-32(14-16-33)24-61-45(60)50-23-34-22-46(25-62-46)41(56)38(65-34)18-11-27(3)10-17-37-28(4)21-36(30(6)64-37)52-39(55)19-12-29(5)63-31(7)54/h10-16,18-19,26,28-30,34-38,40-41,56H,8-9,17,20-25,47H2,1-7H3,(H,50,60)(H,51,57)(H,52,55)(H,53,58)(H3,48,49,59)/b18-11+,19-12-,27-10+/t28-,29-,30+,34-,35-,36+,37-,38+,40-,41+,46+/m0/s1. The number of primary amides is 1. The number of rotatable bonds is 21. The SMILES string of the molecule is CC(=O)O[C@@H](C)/C=C\C(=O)N[C@@H]1C[C@H](C)[C@H](C/C=C(C)/C=C/[C@H]2O[C@H](CNC(=O)OCc3ccc(NC(=O)[C@H](CCCNC(N)=O)NC(=O)[C@@H](N)C(C)C)cc3)C[C@@]3(CO3)[C@@H]2O)O[C@@H]1C. The summed E-state index contributed by atoms with van der Waals surface area (Å²) in [5, 5.41) is 24.8. The predicted molar refractivity (Wildman–Crippen MR) is 241 cm³/mol. The van der Waals surface area contributed by atoms with E-state index in [1.54, 1.807) is 51.1 Å². The summed E-state index contributed by atoms with van der Waals surface area (Å²) in [6.45, 7) is 13.3. The third-order valence-electron chi connectivity index (χ3n) is 11.6. The van der Waals surface area contributed by atoms with Gasteiger partial charge < -0.3 is 66.8 Å². The van der Waals surface area contributed by atoms with Crippen molar-refractivity contribution < 1.29 is 57.6 Å². The van der Waals surface area contributed by atoms with E-state index < -0.39 is 72.0 Å². The van der Waals surface area contributed by atoms with E-state index in [0.29, 0.717) is 37.1 Å². The first-order valence-corrected chi connectivity index (χ1v) is 22.3. The molecule has 65 heavy (non-hydrogen) atoms. The molecule has 0 saturated carbocycles. The Labute approximate surface area is 381 Å². The van der Waals surface area contributed by atoms with Crippen molar-refractivity contribution >= 4 is 41.5 Å². The third-order valence-corrected chi connectivity index (χ3v) is 11.6. The first-order chi connectivity index (χ1) is 30.7. The van der Waals surface area contributed by atoms with Crippen LogP contribution in [0.15, 0.2) is 60.2 Å². The third kappa shape index (κ3) is 17.2. The molecule has 360 valence electrons. The maximum Gasteiger partial charge on any atom is 0.407 e. The van der Waals surface area contributed by atoms with Crippen LogP contribution in [0, 0.1) is 11.8 Å². The molecule has 10 N–H and O–H groups in total. The van der Waals surface area contributed by atoms with Crippen molar-refractivity contribution in [3.8, 4) is 0 Å². The Bertz CT molecular complexity index is 1880. The van der Waals surface area contributed by atoms with Gasteiger partial charge in [0, 0.05) is 38.2 Å². The van der Waals surface area contributed by atoms with Crippen LogP contribution in [0.25, 0.3) is 0 Å². The van der Waals surface area contributed by atoms with E-state index in [1.807, 2.05) is 19.9 Å². The number of urea groups is 1. The number of ether oxygens (including phenoxy) is 5. The molecule has 11 atom stereocenters. The number of allylic oxidation sites excluding steroid dienone is 2. The Morgan fingerprint density at radius 2 is 1.71 bits per heavy atom. The van der Waals surface area contributed by atoms with Gasteiger partial charge in [0.25, 0.3) is 0 Å². The second-order valence-corrected chi connectivity index (χ2v) is 17.6. The van der Waals surface area contributed by atoms with Gasteiger partial charge in [-0.05, 0) is 82.1 Å². The Balaban J connectivity index is 1.22.